The summed E-state index contributed by atoms with van der Waals surface area (Å²) in [6.07, 6.45) is 1.96. The molecule has 0 saturated carbocycles. The fraction of sp³-hybridized carbons (Fsp3) is 0.174. The van der Waals surface area contributed by atoms with E-state index in [1.165, 1.54) is 0 Å². The minimum Gasteiger partial charge on any atom is -0.321 e. The number of hydrogen-bond acceptors (Lipinski definition) is 3. The quantitative estimate of drug-likeness (QED) is 0.707. The average molecular weight is 369 g/mol. The molecule has 138 valence electrons. The van der Waals surface area contributed by atoms with Crippen LogP contribution in [0.5, 0.6) is 0 Å². The molecule has 1 aliphatic rings. The molecule has 0 fully saturated rings. The van der Waals surface area contributed by atoms with Crippen LogP contribution in [0.1, 0.15) is 46.0 Å². The van der Waals surface area contributed by atoms with Crippen LogP contribution in [0.2, 0.25) is 0 Å². The van der Waals surface area contributed by atoms with Crippen molar-refractivity contribution in [3.05, 3.63) is 71.3 Å². The summed E-state index contributed by atoms with van der Waals surface area (Å²) < 4.78 is 0. The van der Waals surface area contributed by atoms with Crippen LogP contribution in [0.25, 0.3) is 10.8 Å². The molecule has 0 spiro atoms. The molecular weight excluding hydrogens is 350 g/mol. The maximum Gasteiger partial charge on any atom is 0.258 e. The van der Waals surface area contributed by atoms with Crippen molar-refractivity contribution in [2.45, 2.75) is 19.8 Å². The van der Waals surface area contributed by atoms with Crippen LogP contribution in [-0.4, -0.2) is 18.4 Å². The molecule has 0 aliphatic carbocycles. The highest BCUT2D eigenvalue weighted by Gasteiger charge is 2.30. The van der Waals surface area contributed by atoms with Crippen molar-refractivity contribution in [2.24, 2.45) is 0 Å². The molecule has 3 aromatic rings. The third-order valence-electron chi connectivity index (χ3n) is 5.04. The van der Waals surface area contributed by atoms with E-state index in [-0.39, 0.29) is 11.8 Å². The maximum absolute atomic E-state index is 12.8. The van der Waals surface area contributed by atoms with Crippen molar-refractivity contribution in [1.29, 1.82) is 5.26 Å². The number of nitrogens with zero attached hydrogens (tertiary/aromatic N) is 2. The van der Waals surface area contributed by atoms with Gasteiger partial charge in [0, 0.05) is 34.1 Å². The molecule has 3 aromatic carbocycles. The minimum absolute atomic E-state index is 0.0182. The van der Waals surface area contributed by atoms with Gasteiger partial charge in [0.2, 0.25) is 0 Å². The summed E-state index contributed by atoms with van der Waals surface area (Å²) in [7, 11) is 0. The van der Waals surface area contributed by atoms with Crippen molar-refractivity contribution in [3.8, 4) is 6.07 Å². The summed E-state index contributed by atoms with van der Waals surface area (Å²) in [6.45, 7) is 2.79. The zero-order valence-electron chi connectivity index (χ0n) is 15.5. The lowest BCUT2D eigenvalue weighted by molar-refractivity contribution is 0.0991. The molecule has 4 rings (SSSR count). The van der Waals surface area contributed by atoms with E-state index in [1.807, 2.05) is 41.3 Å². The Morgan fingerprint density at radius 3 is 2.61 bits per heavy atom. The summed E-state index contributed by atoms with van der Waals surface area (Å²) in [4.78, 5) is 27.3. The zero-order valence-corrected chi connectivity index (χ0v) is 15.5. The molecule has 5 heteroatoms. The molecular formula is C23H19N3O2. The number of amides is 2. The summed E-state index contributed by atoms with van der Waals surface area (Å²) in [6, 6.07) is 17.9. The number of carbonyl (C=O) groups excluding carboxylic acids is 2. The van der Waals surface area contributed by atoms with E-state index >= 15 is 0 Å². The van der Waals surface area contributed by atoms with Gasteiger partial charge in [-0.25, -0.2) is 0 Å². The zero-order chi connectivity index (χ0) is 19.7. The Hall–Kier alpha value is -3.65. The summed E-state index contributed by atoms with van der Waals surface area (Å²) in [5, 5.41) is 13.6. The van der Waals surface area contributed by atoms with Gasteiger partial charge in [0.05, 0.1) is 17.3 Å². The lowest BCUT2D eigenvalue weighted by Gasteiger charge is -2.17. The molecule has 0 unspecified atom stereocenters. The second kappa shape index (κ2) is 7.16. The highest BCUT2D eigenvalue weighted by Crippen LogP contribution is 2.40. The predicted molar refractivity (Wildman–Crippen MR) is 110 cm³/mol. The largest absolute Gasteiger partial charge is 0.321 e. The number of hydrogen-bond donors (Lipinski definition) is 1. The molecule has 0 atom stereocenters. The fourth-order valence-corrected chi connectivity index (χ4v) is 3.58. The molecule has 1 N–H and O–H groups in total. The van der Waals surface area contributed by atoms with Crippen LogP contribution < -0.4 is 10.2 Å². The van der Waals surface area contributed by atoms with E-state index in [9.17, 15) is 9.59 Å². The number of rotatable bonds is 5. The van der Waals surface area contributed by atoms with Crippen LogP contribution in [0, 0.1) is 11.3 Å². The third-order valence-corrected chi connectivity index (χ3v) is 5.04. The van der Waals surface area contributed by atoms with E-state index in [4.69, 9.17) is 5.26 Å². The molecule has 1 heterocycles. The number of unbranched alkanes of at least 4 members (excludes halogenated alkanes) is 1. The first kappa shape index (κ1) is 17.7. The molecule has 0 aromatic heterocycles. The van der Waals surface area contributed by atoms with Gasteiger partial charge in [-0.15, -0.1) is 0 Å². The van der Waals surface area contributed by atoms with Gasteiger partial charge in [-0.3, -0.25) is 9.59 Å². The molecule has 28 heavy (non-hydrogen) atoms. The minimum atomic E-state index is -0.252. The molecule has 0 bridgehead atoms. The second-order valence-electron chi connectivity index (χ2n) is 6.81. The van der Waals surface area contributed by atoms with Crippen molar-refractivity contribution in [2.75, 3.05) is 16.8 Å². The van der Waals surface area contributed by atoms with Gasteiger partial charge in [-0.1, -0.05) is 25.5 Å². The third kappa shape index (κ3) is 2.89. The maximum atomic E-state index is 12.8. The number of nitriles is 1. The van der Waals surface area contributed by atoms with E-state index in [2.05, 4.69) is 12.2 Å². The van der Waals surface area contributed by atoms with Crippen molar-refractivity contribution in [1.82, 2.24) is 0 Å². The normalized spacial score (nSPS) is 12.3. The number of benzene rings is 3. The number of anilines is 2. The Morgan fingerprint density at radius 1 is 1.11 bits per heavy atom. The SMILES string of the molecule is CCCCN1C(=O)c2cccc3c(NC(=O)c4ccc(C#N)cc4)ccc1c23. The Bertz CT molecular complexity index is 1130. The summed E-state index contributed by atoms with van der Waals surface area (Å²) in [5.41, 5.74) is 3.23. The van der Waals surface area contributed by atoms with Gasteiger partial charge in [-0.05, 0) is 48.9 Å². The highest BCUT2D eigenvalue weighted by molar-refractivity contribution is 6.27. The fourth-order valence-electron chi connectivity index (χ4n) is 3.58. The Labute approximate surface area is 163 Å². The Morgan fingerprint density at radius 2 is 1.89 bits per heavy atom. The monoisotopic (exact) mass is 369 g/mol. The Balaban J connectivity index is 1.70. The lowest BCUT2D eigenvalue weighted by atomic mass is 10.0. The van der Waals surface area contributed by atoms with E-state index < -0.39 is 0 Å². The average Bonchev–Trinajstić information content (AvgIpc) is 3.01. The number of nitrogens with one attached hydrogen (secondary N) is 1. The standard InChI is InChI=1S/C23H19N3O2/c1-2-3-13-26-20-12-11-19(17-5-4-6-18(21(17)20)23(26)28)25-22(27)16-9-7-15(14-24)8-10-16/h4-12H,2-3,13H2,1H3,(H,25,27). The van der Waals surface area contributed by atoms with Gasteiger partial charge >= 0.3 is 0 Å². The molecule has 0 radical (unpaired) electrons. The lowest BCUT2D eigenvalue weighted by Crippen LogP contribution is -2.27. The molecule has 2 amide bonds. The van der Waals surface area contributed by atoms with Crippen LogP contribution >= 0.6 is 0 Å². The first-order valence-corrected chi connectivity index (χ1v) is 9.33. The highest BCUT2D eigenvalue weighted by atomic mass is 16.2. The summed E-state index contributed by atoms with van der Waals surface area (Å²) >= 11 is 0. The van der Waals surface area contributed by atoms with Gasteiger partial charge in [0.15, 0.2) is 0 Å². The van der Waals surface area contributed by atoms with Crippen LogP contribution in [-0.2, 0) is 0 Å². The van der Waals surface area contributed by atoms with Crippen molar-refractivity contribution in [3.63, 3.8) is 0 Å². The van der Waals surface area contributed by atoms with E-state index in [0.717, 1.165) is 29.3 Å². The van der Waals surface area contributed by atoms with E-state index in [0.29, 0.717) is 28.9 Å². The summed E-state index contributed by atoms with van der Waals surface area (Å²) in [5.74, 6) is -0.234. The molecule has 0 saturated heterocycles. The van der Waals surface area contributed by atoms with Crippen molar-refractivity contribution >= 4 is 34.0 Å². The predicted octanol–water partition coefficient (Wildman–Crippen LogP) is 4.72. The topological polar surface area (TPSA) is 73.2 Å². The smallest absolute Gasteiger partial charge is 0.258 e. The van der Waals surface area contributed by atoms with Gasteiger partial charge in [-0.2, -0.15) is 5.26 Å². The first-order chi connectivity index (χ1) is 13.6. The van der Waals surface area contributed by atoms with E-state index in [1.54, 1.807) is 24.3 Å². The first-order valence-electron chi connectivity index (χ1n) is 9.33. The Kier molecular flexibility index (Phi) is 4.54. The van der Waals surface area contributed by atoms with Gasteiger partial charge < -0.3 is 10.2 Å². The molecule has 5 nitrogen and oxygen atoms in total. The molecule has 1 aliphatic heterocycles. The van der Waals surface area contributed by atoms with Gasteiger partial charge in [0.1, 0.15) is 0 Å². The van der Waals surface area contributed by atoms with Gasteiger partial charge in [0.25, 0.3) is 11.8 Å². The van der Waals surface area contributed by atoms with Crippen molar-refractivity contribution < 1.29 is 9.59 Å². The number of carbonyl (C=O) groups is 2. The van der Waals surface area contributed by atoms with Crippen LogP contribution in [0.4, 0.5) is 11.4 Å². The van der Waals surface area contributed by atoms with Crippen LogP contribution in [0.15, 0.2) is 54.6 Å². The second-order valence-corrected chi connectivity index (χ2v) is 6.81. The van der Waals surface area contributed by atoms with Crippen LogP contribution in [0.3, 0.4) is 0 Å².